The molecule has 0 aromatic rings. The van der Waals surface area contributed by atoms with Gasteiger partial charge in [-0.25, -0.2) is 0 Å². The van der Waals surface area contributed by atoms with E-state index in [9.17, 15) is 9.59 Å². The average molecular weight is 271 g/mol. The van der Waals surface area contributed by atoms with Gasteiger partial charge in [0.25, 0.3) is 0 Å². The standard InChI is InChI=1S/C13H25N3O3/c1-10(19-2)5-6-13(18)16(9-12(14)17)11-4-3-7-15-8-11/h10-11,15H,3-9H2,1-2H3,(H2,14,17). The van der Waals surface area contributed by atoms with E-state index in [4.69, 9.17) is 10.5 Å². The van der Waals surface area contributed by atoms with Gasteiger partial charge in [-0.1, -0.05) is 0 Å². The maximum absolute atomic E-state index is 12.2. The molecule has 6 heteroatoms. The lowest BCUT2D eigenvalue weighted by molar-refractivity contribution is -0.138. The van der Waals surface area contributed by atoms with Gasteiger partial charge in [0, 0.05) is 26.1 Å². The predicted molar refractivity (Wildman–Crippen MR) is 72.5 cm³/mol. The van der Waals surface area contributed by atoms with Crippen molar-refractivity contribution in [2.24, 2.45) is 5.73 Å². The minimum absolute atomic E-state index is 0.00649. The van der Waals surface area contributed by atoms with Crippen LogP contribution in [0.15, 0.2) is 0 Å². The number of hydrogen-bond donors (Lipinski definition) is 2. The summed E-state index contributed by atoms with van der Waals surface area (Å²) in [5.74, 6) is -0.477. The maximum Gasteiger partial charge on any atom is 0.237 e. The number of rotatable bonds is 7. The Morgan fingerprint density at radius 2 is 2.26 bits per heavy atom. The van der Waals surface area contributed by atoms with Gasteiger partial charge in [0.15, 0.2) is 0 Å². The smallest absolute Gasteiger partial charge is 0.237 e. The van der Waals surface area contributed by atoms with Crippen molar-refractivity contribution in [3.8, 4) is 0 Å². The fraction of sp³-hybridized carbons (Fsp3) is 0.846. The molecule has 0 aromatic carbocycles. The minimum atomic E-state index is -0.460. The number of ether oxygens (including phenoxy) is 1. The molecule has 0 saturated carbocycles. The molecule has 0 spiro atoms. The van der Waals surface area contributed by atoms with Crippen LogP contribution in [0.2, 0.25) is 0 Å². The molecule has 1 rings (SSSR count). The van der Waals surface area contributed by atoms with Crippen LogP contribution in [-0.2, 0) is 14.3 Å². The molecule has 1 saturated heterocycles. The first-order valence-corrected chi connectivity index (χ1v) is 6.86. The molecule has 1 fully saturated rings. The number of primary amides is 1. The molecule has 110 valence electrons. The molecule has 2 amide bonds. The molecular weight excluding hydrogens is 246 g/mol. The van der Waals surface area contributed by atoms with Crippen molar-refractivity contribution in [2.45, 2.75) is 44.8 Å². The second-order valence-corrected chi connectivity index (χ2v) is 5.07. The van der Waals surface area contributed by atoms with Crippen molar-refractivity contribution >= 4 is 11.8 Å². The second kappa shape index (κ2) is 8.12. The van der Waals surface area contributed by atoms with Crippen molar-refractivity contribution in [3.63, 3.8) is 0 Å². The zero-order chi connectivity index (χ0) is 14.3. The third-order valence-corrected chi connectivity index (χ3v) is 3.53. The number of hydrogen-bond acceptors (Lipinski definition) is 4. The van der Waals surface area contributed by atoms with Crippen LogP contribution in [0.1, 0.15) is 32.6 Å². The van der Waals surface area contributed by atoms with Crippen LogP contribution >= 0.6 is 0 Å². The number of nitrogens with one attached hydrogen (secondary N) is 1. The summed E-state index contributed by atoms with van der Waals surface area (Å²) in [5.41, 5.74) is 5.24. The molecule has 19 heavy (non-hydrogen) atoms. The fourth-order valence-electron chi connectivity index (χ4n) is 2.28. The average Bonchev–Trinajstić information content (AvgIpc) is 2.42. The molecule has 1 heterocycles. The molecule has 2 atom stereocenters. The van der Waals surface area contributed by atoms with E-state index in [-0.39, 0.29) is 24.6 Å². The van der Waals surface area contributed by atoms with Crippen molar-refractivity contribution in [2.75, 3.05) is 26.7 Å². The van der Waals surface area contributed by atoms with Crippen LogP contribution in [0.3, 0.4) is 0 Å². The SMILES string of the molecule is COC(C)CCC(=O)N(CC(N)=O)C1CCCNC1. The molecule has 0 aliphatic carbocycles. The number of amides is 2. The normalized spacial score (nSPS) is 20.8. The van der Waals surface area contributed by atoms with Crippen molar-refractivity contribution in [1.29, 1.82) is 0 Å². The number of carbonyl (C=O) groups excluding carboxylic acids is 2. The van der Waals surface area contributed by atoms with E-state index in [1.807, 2.05) is 6.92 Å². The van der Waals surface area contributed by atoms with E-state index in [0.29, 0.717) is 12.8 Å². The summed E-state index contributed by atoms with van der Waals surface area (Å²) in [6.07, 6.45) is 3.03. The van der Waals surface area contributed by atoms with Gasteiger partial charge in [-0.3, -0.25) is 9.59 Å². The zero-order valence-electron chi connectivity index (χ0n) is 11.9. The van der Waals surface area contributed by atoms with Crippen LogP contribution in [0.4, 0.5) is 0 Å². The molecular formula is C13H25N3O3. The van der Waals surface area contributed by atoms with E-state index < -0.39 is 5.91 Å². The Balaban J connectivity index is 2.56. The number of nitrogens with two attached hydrogens (primary N) is 1. The summed E-state index contributed by atoms with van der Waals surface area (Å²) >= 11 is 0. The Labute approximate surface area is 114 Å². The summed E-state index contributed by atoms with van der Waals surface area (Å²) in [5, 5.41) is 3.25. The molecule has 0 bridgehead atoms. The molecule has 3 N–H and O–H groups in total. The monoisotopic (exact) mass is 271 g/mol. The lowest BCUT2D eigenvalue weighted by Crippen LogP contribution is -2.51. The van der Waals surface area contributed by atoms with E-state index >= 15 is 0 Å². The van der Waals surface area contributed by atoms with Crippen molar-refractivity contribution in [1.82, 2.24) is 10.2 Å². The highest BCUT2D eigenvalue weighted by molar-refractivity contribution is 5.84. The first kappa shape index (κ1) is 15.9. The highest BCUT2D eigenvalue weighted by Crippen LogP contribution is 2.13. The molecule has 1 aliphatic heterocycles. The number of methoxy groups -OCH3 is 1. The Morgan fingerprint density at radius 1 is 1.53 bits per heavy atom. The van der Waals surface area contributed by atoms with Gasteiger partial charge in [0.2, 0.25) is 11.8 Å². The van der Waals surface area contributed by atoms with Crippen LogP contribution in [0.5, 0.6) is 0 Å². The van der Waals surface area contributed by atoms with Crippen LogP contribution in [0, 0.1) is 0 Å². The summed E-state index contributed by atoms with van der Waals surface area (Å²) < 4.78 is 5.13. The van der Waals surface area contributed by atoms with E-state index in [2.05, 4.69) is 5.32 Å². The molecule has 6 nitrogen and oxygen atoms in total. The fourth-order valence-corrected chi connectivity index (χ4v) is 2.28. The predicted octanol–water partition coefficient (Wildman–Crippen LogP) is -0.133. The van der Waals surface area contributed by atoms with Crippen molar-refractivity contribution in [3.05, 3.63) is 0 Å². The van der Waals surface area contributed by atoms with E-state index in [1.165, 1.54) is 0 Å². The lowest BCUT2D eigenvalue weighted by atomic mass is 10.0. The molecule has 2 unspecified atom stereocenters. The number of piperidine rings is 1. The van der Waals surface area contributed by atoms with Crippen LogP contribution in [0.25, 0.3) is 0 Å². The first-order valence-electron chi connectivity index (χ1n) is 6.86. The summed E-state index contributed by atoms with van der Waals surface area (Å²) in [7, 11) is 1.63. The second-order valence-electron chi connectivity index (χ2n) is 5.07. The van der Waals surface area contributed by atoms with Gasteiger partial charge < -0.3 is 20.7 Å². The van der Waals surface area contributed by atoms with E-state index in [0.717, 1.165) is 25.9 Å². The van der Waals surface area contributed by atoms with Crippen LogP contribution < -0.4 is 11.1 Å². The van der Waals surface area contributed by atoms with Gasteiger partial charge in [-0.2, -0.15) is 0 Å². The van der Waals surface area contributed by atoms with Crippen LogP contribution in [-0.4, -0.2) is 55.6 Å². The maximum atomic E-state index is 12.2. The first-order chi connectivity index (χ1) is 9.04. The Bertz CT molecular complexity index is 304. The Hall–Kier alpha value is -1.14. The summed E-state index contributed by atoms with van der Waals surface area (Å²) in [6.45, 7) is 3.63. The number of carbonyl (C=O) groups is 2. The van der Waals surface area contributed by atoms with Gasteiger partial charge in [-0.15, -0.1) is 0 Å². The Kier molecular flexibility index (Phi) is 6.80. The summed E-state index contributed by atoms with van der Waals surface area (Å²) in [4.78, 5) is 25.0. The molecule has 0 radical (unpaired) electrons. The summed E-state index contributed by atoms with van der Waals surface area (Å²) in [6, 6.07) is 0.0756. The number of nitrogens with zero attached hydrogens (tertiary/aromatic N) is 1. The van der Waals surface area contributed by atoms with Crippen molar-refractivity contribution < 1.29 is 14.3 Å². The van der Waals surface area contributed by atoms with Gasteiger partial charge in [-0.05, 0) is 32.7 Å². The topological polar surface area (TPSA) is 84.7 Å². The highest BCUT2D eigenvalue weighted by atomic mass is 16.5. The Morgan fingerprint density at radius 3 is 2.79 bits per heavy atom. The molecule has 0 aromatic heterocycles. The highest BCUT2D eigenvalue weighted by Gasteiger charge is 2.26. The molecule has 1 aliphatic rings. The largest absolute Gasteiger partial charge is 0.382 e. The quantitative estimate of drug-likeness (QED) is 0.675. The zero-order valence-corrected chi connectivity index (χ0v) is 11.9. The van der Waals surface area contributed by atoms with Gasteiger partial charge >= 0.3 is 0 Å². The van der Waals surface area contributed by atoms with Gasteiger partial charge in [0.1, 0.15) is 0 Å². The minimum Gasteiger partial charge on any atom is -0.382 e. The van der Waals surface area contributed by atoms with E-state index in [1.54, 1.807) is 12.0 Å². The third kappa shape index (κ3) is 5.57. The third-order valence-electron chi connectivity index (χ3n) is 3.53. The van der Waals surface area contributed by atoms with Gasteiger partial charge in [0.05, 0.1) is 12.6 Å². The lowest BCUT2D eigenvalue weighted by Gasteiger charge is -2.34.